The highest BCUT2D eigenvalue weighted by atomic mass is 35.5. The molecule has 164 valence electrons. The van der Waals surface area contributed by atoms with Crippen molar-refractivity contribution in [1.29, 1.82) is 0 Å². The van der Waals surface area contributed by atoms with E-state index in [1.807, 2.05) is 38.1 Å². The fourth-order valence-electron chi connectivity index (χ4n) is 2.96. The molecule has 0 saturated carbocycles. The number of benzene rings is 2. The molecule has 2 heterocycles. The van der Waals surface area contributed by atoms with E-state index in [4.69, 9.17) is 20.9 Å². The van der Waals surface area contributed by atoms with Crippen LogP contribution in [0.2, 0.25) is 5.02 Å². The second-order valence-corrected chi connectivity index (χ2v) is 7.86. The van der Waals surface area contributed by atoms with Crippen molar-refractivity contribution in [2.45, 2.75) is 26.5 Å². The van der Waals surface area contributed by atoms with Crippen LogP contribution in [0.25, 0.3) is 11.6 Å². The first-order valence-electron chi connectivity index (χ1n) is 9.97. The van der Waals surface area contributed by atoms with E-state index in [1.165, 1.54) is 6.33 Å². The molecule has 2 N–H and O–H groups in total. The zero-order valence-electron chi connectivity index (χ0n) is 17.4. The summed E-state index contributed by atoms with van der Waals surface area (Å²) in [6.07, 6.45) is 1.36. The molecule has 0 aliphatic carbocycles. The van der Waals surface area contributed by atoms with Gasteiger partial charge in [-0.25, -0.2) is 4.98 Å². The summed E-state index contributed by atoms with van der Waals surface area (Å²) in [5.41, 5.74) is 1.49. The number of carbonyl (C=O) groups is 1. The maximum atomic E-state index is 12.8. The van der Waals surface area contributed by atoms with Crippen LogP contribution in [0.15, 0.2) is 59.4 Å². The molecule has 2 aromatic carbocycles. The first-order chi connectivity index (χ1) is 15.5. The molecule has 0 saturated heterocycles. The fraction of sp³-hybridized carbons (Fsp3) is 0.227. The summed E-state index contributed by atoms with van der Waals surface area (Å²) in [4.78, 5) is 21.1. The molecule has 32 heavy (non-hydrogen) atoms. The number of hydrogen-bond acceptors (Lipinski definition) is 7. The van der Waals surface area contributed by atoms with E-state index in [2.05, 4.69) is 30.6 Å². The lowest BCUT2D eigenvalue weighted by Gasteiger charge is -2.18. The van der Waals surface area contributed by atoms with Crippen molar-refractivity contribution in [3.8, 4) is 17.4 Å². The molecule has 0 bridgehead atoms. The van der Waals surface area contributed by atoms with Crippen LogP contribution in [-0.4, -0.2) is 31.2 Å². The van der Waals surface area contributed by atoms with E-state index in [0.717, 1.165) is 5.56 Å². The second-order valence-electron chi connectivity index (χ2n) is 7.42. The molecule has 0 fully saturated rings. The monoisotopic (exact) mass is 452 g/mol. The first kappa shape index (κ1) is 21.5. The number of halogens is 1. The minimum atomic E-state index is -0.465. The summed E-state index contributed by atoms with van der Waals surface area (Å²) in [5, 5.41) is 14.0. The largest absolute Gasteiger partial charge is 0.489 e. The molecule has 0 radical (unpaired) electrons. The maximum absolute atomic E-state index is 12.8. The minimum absolute atomic E-state index is 0.0176. The van der Waals surface area contributed by atoms with Crippen molar-refractivity contribution >= 4 is 17.5 Å². The van der Waals surface area contributed by atoms with Crippen LogP contribution in [0.3, 0.4) is 0 Å². The van der Waals surface area contributed by atoms with Gasteiger partial charge in [0.2, 0.25) is 11.7 Å². The number of carbonyl (C=O) groups excluding carboxylic acids is 1. The van der Waals surface area contributed by atoms with Crippen LogP contribution in [0.5, 0.6) is 5.75 Å². The van der Waals surface area contributed by atoms with Gasteiger partial charge in [0.25, 0.3) is 5.91 Å². The molecular formula is C22H21ClN6O3. The highest BCUT2D eigenvalue weighted by Crippen LogP contribution is 2.23. The molecule has 1 atom stereocenters. The van der Waals surface area contributed by atoms with Crippen molar-refractivity contribution in [3.63, 3.8) is 0 Å². The normalized spacial score (nSPS) is 12.0. The summed E-state index contributed by atoms with van der Waals surface area (Å²) < 4.78 is 11.1. The number of hydrogen-bond donors (Lipinski definition) is 2. The van der Waals surface area contributed by atoms with E-state index < -0.39 is 6.04 Å². The van der Waals surface area contributed by atoms with Crippen LogP contribution in [-0.2, 0) is 6.61 Å². The zero-order chi connectivity index (χ0) is 22.5. The molecular weight excluding hydrogens is 432 g/mol. The maximum Gasteiger partial charge on any atom is 0.251 e. The van der Waals surface area contributed by atoms with Gasteiger partial charge in [-0.2, -0.15) is 10.1 Å². The Labute approximate surface area is 189 Å². The first-order valence-corrected chi connectivity index (χ1v) is 10.3. The summed E-state index contributed by atoms with van der Waals surface area (Å²) in [6, 6.07) is 13.9. The number of aromatic nitrogens is 5. The lowest BCUT2D eigenvalue weighted by Crippen LogP contribution is -2.32. The summed E-state index contributed by atoms with van der Waals surface area (Å²) in [5.74, 6) is 1.38. The predicted molar refractivity (Wildman–Crippen MR) is 117 cm³/mol. The average molecular weight is 453 g/mol. The SMILES string of the molecule is CC(C)[C@H](NC(=O)c1ccc(OCc2ccc(Cl)cc2)cc1)c1nc(-c2ncn[nH]2)no1. The highest BCUT2D eigenvalue weighted by molar-refractivity contribution is 6.30. The number of nitrogens with one attached hydrogen (secondary N) is 2. The lowest BCUT2D eigenvalue weighted by atomic mass is 10.0. The van der Waals surface area contributed by atoms with Gasteiger partial charge in [-0.3, -0.25) is 9.89 Å². The van der Waals surface area contributed by atoms with Crippen molar-refractivity contribution in [2.24, 2.45) is 5.92 Å². The van der Waals surface area contributed by atoms with E-state index in [9.17, 15) is 4.79 Å². The Morgan fingerprint density at radius 3 is 2.56 bits per heavy atom. The zero-order valence-corrected chi connectivity index (χ0v) is 18.2. The summed E-state index contributed by atoms with van der Waals surface area (Å²) in [6.45, 7) is 4.32. The van der Waals surface area contributed by atoms with Gasteiger partial charge >= 0.3 is 0 Å². The van der Waals surface area contributed by atoms with Gasteiger partial charge < -0.3 is 14.6 Å². The number of nitrogens with zero attached hydrogens (tertiary/aromatic N) is 4. The molecule has 1 amide bonds. The molecule has 0 unspecified atom stereocenters. The third-order valence-corrected chi connectivity index (χ3v) is 4.98. The Kier molecular flexibility index (Phi) is 6.46. The summed E-state index contributed by atoms with van der Waals surface area (Å²) >= 11 is 5.90. The molecule has 10 heteroatoms. The van der Waals surface area contributed by atoms with Crippen LogP contribution in [0, 0.1) is 5.92 Å². The Hall–Kier alpha value is -3.72. The minimum Gasteiger partial charge on any atom is -0.489 e. The lowest BCUT2D eigenvalue weighted by molar-refractivity contribution is 0.0914. The third-order valence-electron chi connectivity index (χ3n) is 4.72. The number of amides is 1. The van der Waals surface area contributed by atoms with Crippen molar-refractivity contribution < 1.29 is 14.1 Å². The number of H-pyrrole nitrogens is 1. The van der Waals surface area contributed by atoms with Gasteiger partial charge in [-0.15, -0.1) is 0 Å². The Morgan fingerprint density at radius 2 is 1.91 bits per heavy atom. The van der Waals surface area contributed by atoms with Gasteiger partial charge in [-0.1, -0.05) is 42.7 Å². The second kappa shape index (κ2) is 9.61. The quantitative estimate of drug-likeness (QED) is 0.411. The highest BCUT2D eigenvalue weighted by Gasteiger charge is 2.26. The van der Waals surface area contributed by atoms with Crippen molar-refractivity contribution in [1.82, 2.24) is 30.6 Å². The van der Waals surface area contributed by atoms with Gasteiger partial charge in [0, 0.05) is 10.6 Å². The van der Waals surface area contributed by atoms with Gasteiger partial charge in [0.1, 0.15) is 24.7 Å². The van der Waals surface area contributed by atoms with Crippen LogP contribution >= 0.6 is 11.6 Å². The number of ether oxygens (including phenoxy) is 1. The van der Waals surface area contributed by atoms with Gasteiger partial charge in [-0.05, 0) is 47.9 Å². The predicted octanol–water partition coefficient (Wildman–Crippen LogP) is 4.21. The topological polar surface area (TPSA) is 119 Å². The Bertz CT molecular complexity index is 1160. The van der Waals surface area contributed by atoms with Crippen LogP contribution in [0.4, 0.5) is 0 Å². The summed E-state index contributed by atoms with van der Waals surface area (Å²) in [7, 11) is 0. The number of aromatic amines is 1. The molecule has 0 spiro atoms. The van der Waals surface area contributed by atoms with E-state index in [-0.39, 0.29) is 17.6 Å². The average Bonchev–Trinajstić information content (AvgIpc) is 3.49. The van der Waals surface area contributed by atoms with Gasteiger partial charge in [0.15, 0.2) is 5.82 Å². The van der Waals surface area contributed by atoms with Gasteiger partial charge in [0.05, 0.1) is 0 Å². The van der Waals surface area contributed by atoms with Crippen molar-refractivity contribution in [2.75, 3.05) is 0 Å². The van der Waals surface area contributed by atoms with E-state index >= 15 is 0 Å². The number of rotatable bonds is 8. The third kappa shape index (κ3) is 5.12. The Morgan fingerprint density at radius 1 is 1.16 bits per heavy atom. The van der Waals surface area contributed by atoms with E-state index in [0.29, 0.717) is 34.7 Å². The Balaban J connectivity index is 1.39. The molecule has 9 nitrogen and oxygen atoms in total. The molecule has 0 aliphatic rings. The van der Waals surface area contributed by atoms with Crippen LogP contribution < -0.4 is 10.1 Å². The van der Waals surface area contributed by atoms with Crippen molar-refractivity contribution in [3.05, 3.63) is 76.9 Å². The smallest absolute Gasteiger partial charge is 0.251 e. The molecule has 4 aromatic rings. The fourth-order valence-corrected chi connectivity index (χ4v) is 3.08. The molecule has 0 aliphatic heterocycles. The molecule has 2 aromatic heterocycles. The van der Waals surface area contributed by atoms with Crippen LogP contribution in [0.1, 0.15) is 41.7 Å². The van der Waals surface area contributed by atoms with E-state index in [1.54, 1.807) is 24.3 Å². The standard InChI is InChI=1S/C22H21ClN6O3/c1-13(2)18(22-27-20(29-32-22)19-24-12-25-28-19)26-21(30)15-5-9-17(10-6-15)31-11-14-3-7-16(23)8-4-14/h3-10,12-13,18H,11H2,1-2H3,(H,26,30)(H,24,25,28)/t18-/m0/s1. The molecule has 4 rings (SSSR count).